The van der Waals surface area contributed by atoms with Gasteiger partial charge in [0, 0.05) is 25.0 Å². The first-order chi connectivity index (χ1) is 13.5. The number of fused-ring (bicyclic) bond motifs is 1. The molecular formula is C21H25N5O2. The molecule has 0 aliphatic carbocycles. The lowest BCUT2D eigenvalue weighted by molar-refractivity contribution is -0.131. The second-order valence-electron chi connectivity index (χ2n) is 7.43. The van der Waals surface area contributed by atoms with Crippen molar-refractivity contribution >= 4 is 16.9 Å². The van der Waals surface area contributed by atoms with Gasteiger partial charge in [-0.05, 0) is 43.9 Å². The van der Waals surface area contributed by atoms with Crippen molar-refractivity contribution in [3.8, 4) is 5.75 Å². The fourth-order valence-corrected chi connectivity index (χ4v) is 3.89. The molecule has 0 spiro atoms. The molecule has 146 valence electrons. The van der Waals surface area contributed by atoms with Crippen LogP contribution in [0, 0.1) is 0 Å². The topological polar surface area (TPSA) is 63.5 Å². The Balaban J connectivity index is 1.50. The SMILES string of the molecule is COc1ccc([C@@H]2CN(C(=O)Cn3nc4ccccc4n3)C[C@H]2N(C)C)cc1. The largest absolute Gasteiger partial charge is 0.497 e. The van der Waals surface area contributed by atoms with Gasteiger partial charge in [-0.15, -0.1) is 0 Å². The third-order valence-corrected chi connectivity index (χ3v) is 5.45. The van der Waals surface area contributed by atoms with Gasteiger partial charge in [0.25, 0.3) is 0 Å². The van der Waals surface area contributed by atoms with Crippen molar-refractivity contribution in [2.75, 3.05) is 34.3 Å². The Labute approximate surface area is 164 Å². The van der Waals surface area contributed by atoms with Crippen LogP contribution < -0.4 is 4.74 Å². The van der Waals surface area contributed by atoms with Crippen LogP contribution in [0.3, 0.4) is 0 Å². The summed E-state index contributed by atoms with van der Waals surface area (Å²) >= 11 is 0. The third-order valence-electron chi connectivity index (χ3n) is 5.45. The standard InChI is InChI=1S/C21H25N5O2/c1-24(2)20-13-25(12-17(20)15-8-10-16(28-3)11-9-15)21(27)14-26-22-18-6-4-5-7-19(18)23-26/h4-11,17,20H,12-14H2,1-3H3/t17-,20+/m0/s1. The van der Waals surface area contributed by atoms with Gasteiger partial charge in [-0.3, -0.25) is 4.79 Å². The molecule has 0 N–H and O–H groups in total. The molecule has 1 aliphatic heterocycles. The number of rotatable bonds is 5. The molecule has 28 heavy (non-hydrogen) atoms. The lowest BCUT2D eigenvalue weighted by Gasteiger charge is -2.25. The number of benzene rings is 2. The second-order valence-corrected chi connectivity index (χ2v) is 7.43. The van der Waals surface area contributed by atoms with Crippen molar-refractivity contribution in [1.29, 1.82) is 0 Å². The number of likely N-dealkylation sites (tertiary alicyclic amines) is 1. The molecule has 7 heteroatoms. The molecule has 3 aromatic rings. The van der Waals surface area contributed by atoms with E-state index >= 15 is 0 Å². The van der Waals surface area contributed by atoms with Gasteiger partial charge in [-0.25, -0.2) is 0 Å². The number of amides is 1. The Morgan fingerprint density at radius 3 is 2.29 bits per heavy atom. The Bertz CT molecular complexity index is 933. The first-order valence-electron chi connectivity index (χ1n) is 9.43. The van der Waals surface area contributed by atoms with Crippen LogP contribution in [0.4, 0.5) is 0 Å². The van der Waals surface area contributed by atoms with Gasteiger partial charge >= 0.3 is 0 Å². The zero-order valence-corrected chi connectivity index (χ0v) is 16.4. The van der Waals surface area contributed by atoms with Crippen molar-refractivity contribution in [1.82, 2.24) is 24.8 Å². The number of hydrogen-bond donors (Lipinski definition) is 0. The molecule has 1 fully saturated rings. The first kappa shape index (κ1) is 18.4. The smallest absolute Gasteiger partial charge is 0.246 e. The highest BCUT2D eigenvalue weighted by molar-refractivity contribution is 5.77. The highest BCUT2D eigenvalue weighted by Gasteiger charge is 2.37. The zero-order valence-electron chi connectivity index (χ0n) is 16.4. The first-order valence-corrected chi connectivity index (χ1v) is 9.43. The summed E-state index contributed by atoms with van der Waals surface area (Å²) in [7, 11) is 5.80. The fourth-order valence-electron chi connectivity index (χ4n) is 3.89. The minimum Gasteiger partial charge on any atom is -0.497 e. The number of carbonyl (C=O) groups excluding carboxylic acids is 1. The van der Waals surface area contributed by atoms with Crippen molar-refractivity contribution in [3.05, 3.63) is 54.1 Å². The summed E-state index contributed by atoms with van der Waals surface area (Å²) in [6.07, 6.45) is 0. The third kappa shape index (κ3) is 3.57. The molecule has 1 saturated heterocycles. The summed E-state index contributed by atoms with van der Waals surface area (Å²) < 4.78 is 5.27. The Morgan fingerprint density at radius 2 is 1.71 bits per heavy atom. The molecule has 2 aromatic carbocycles. The summed E-state index contributed by atoms with van der Waals surface area (Å²) in [4.78, 5) is 18.5. The van der Waals surface area contributed by atoms with E-state index in [-0.39, 0.29) is 24.4 Å². The Hall–Kier alpha value is -2.93. The van der Waals surface area contributed by atoms with Gasteiger partial charge in [0.2, 0.25) is 5.91 Å². The van der Waals surface area contributed by atoms with E-state index in [0.717, 1.165) is 16.8 Å². The molecule has 1 aromatic heterocycles. The highest BCUT2D eigenvalue weighted by atomic mass is 16.5. The summed E-state index contributed by atoms with van der Waals surface area (Å²) in [6, 6.07) is 16.1. The number of methoxy groups -OCH3 is 1. The predicted octanol–water partition coefficient (Wildman–Crippen LogP) is 2.00. The second kappa shape index (κ2) is 7.59. The van der Waals surface area contributed by atoms with Gasteiger partial charge < -0.3 is 14.5 Å². The van der Waals surface area contributed by atoms with E-state index in [1.54, 1.807) is 7.11 Å². The van der Waals surface area contributed by atoms with Gasteiger partial charge in [-0.1, -0.05) is 24.3 Å². The lowest BCUT2D eigenvalue weighted by Crippen LogP contribution is -2.37. The van der Waals surface area contributed by atoms with Crippen molar-refractivity contribution in [2.45, 2.75) is 18.5 Å². The van der Waals surface area contributed by atoms with E-state index in [1.807, 2.05) is 41.3 Å². The van der Waals surface area contributed by atoms with E-state index in [4.69, 9.17) is 4.74 Å². The number of aromatic nitrogens is 3. The van der Waals surface area contributed by atoms with Crippen LogP contribution in [0.5, 0.6) is 5.75 Å². The average molecular weight is 379 g/mol. The minimum absolute atomic E-state index is 0.0446. The molecular weight excluding hydrogens is 354 g/mol. The van der Waals surface area contributed by atoms with Crippen LogP contribution in [0.1, 0.15) is 11.5 Å². The van der Waals surface area contributed by atoms with E-state index in [2.05, 4.69) is 41.3 Å². The molecule has 1 aliphatic rings. The van der Waals surface area contributed by atoms with Crippen LogP contribution in [-0.4, -0.2) is 71.0 Å². The summed E-state index contributed by atoms with van der Waals surface area (Å²) in [5.41, 5.74) is 2.83. The maximum absolute atomic E-state index is 12.9. The maximum atomic E-state index is 12.9. The van der Waals surface area contributed by atoms with Crippen molar-refractivity contribution < 1.29 is 9.53 Å². The summed E-state index contributed by atoms with van der Waals surface area (Å²) in [5.74, 6) is 1.14. The quantitative estimate of drug-likeness (QED) is 0.678. The van der Waals surface area contributed by atoms with Gasteiger partial charge in [0.05, 0.1) is 7.11 Å². The van der Waals surface area contributed by atoms with Gasteiger partial charge in [0.1, 0.15) is 23.3 Å². The molecule has 4 rings (SSSR count). The van der Waals surface area contributed by atoms with Crippen molar-refractivity contribution in [2.24, 2.45) is 0 Å². The van der Waals surface area contributed by atoms with E-state index < -0.39 is 0 Å². The molecule has 7 nitrogen and oxygen atoms in total. The summed E-state index contributed by atoms with van der Waals surface area (Å²) in [5, 5.41) is 8.82. The average Bonchev–Trinajstić information content (AvgIpc) is 3.32. The van der Waals surface area contributed by atoms with E-state index in [0.29, 0.717) is 13.1 Å². The molecule has 0 radical (unpaired) electrons. The van der Waals surface area contributed by atoms with Crippen LogP contribution in [-0.2, 0) is 11.3 Å². The number of nitrogens with zero attached hydrogens (tertiary/aromatic N) is 5. The van der Waals surface area contributed by atoms with E-state index in [1.165, 1.54) is 10.4 Å². The lowest BCUT2D eigenvalue weighted by atomic mass is 9.93. The van der Waals surface area contributed by atoms with E-state index in [9.17, 15) is 4.79 Å². The van der Waals surface area contributed by atoms with Crippen LogP contribution in [0.2, 0.25) is 0 Å². The highest BCUT2D eigenvalue weighted by Crippen LogP contribution is 2.31. The minimum atomic E-state index is 0.0446. The predicted molar refractivity (Wildman–Crippen MR) is 107 cm³/mol. The Kier molecular flexibility index (Phi) is 5.00. The van der Waals surface area contributed by atoms with Crippen LogP contribution >= 0.6 is 0 Å². The van der Waals surface area contributed by atoms with Crippen LogP contribution in [0.15, 0.2) is 48.5 Å². The molecule has 2 heterocycles. The normalized spacial score (nSPS) is 19.5. The summed E-state index contributed by atoms with van der Waals surface area (Å²) in [6.45, 7) is 1.54. The molecule has 0 bridgehead atoms. The molecule has 0 unspecified atom stereocenters. The number of likely N-dealkylation sites (N-methyl/N-ethyl adjacent to an activating group) is 1. The number of carbonyl (C=O) groups is 1. The molecule has 1 amide bonds. The molecule has 0 saturated carbocycles. The fraction of sp³-hybridized carbons (Fsp3) is 0.381. The Morgan fingerprint density at radius 1 is 1.07 bits per heavy atom. The monoisotopic (exact) mass is 379 g/mol. The maximum Gasteiger partial charge on any atom is 0.246 e. The van der Waals surface area contributed by atoms with Gasteiger partial charge in [-0.2, -0.15) is 15.0 Å². The number of ether oxygens (including phenoxy) is 1. The van der Waals surface area contributed by atoms with Crippen molar-refractivity contribution in [3.63, 3.8) is 0 Å². The zero-order chi connectivity index (χ0) is 19.7. The van der Waals surface area contributed by atoms with Crippen LogP contribution in [0.25, 0.3) is 11.0 Å². The van der Waals surface area contributed by atoms with Gasteiger partial charge in [0.15, 0.2) is 0 Å². The number of hydrogen-bond acceptors (Lipinski definition) is 5. The molecule has 2 atom stereocenters.